The summed E-state index contributed by atoms with van der Waals surface area (Å²) in [5, 5.41) is 1.29. The lowest BCUT2D eigenvalue weighted by molar-refractivity contribution is 0.0626. The first-order chi connectivity index (χ1) is 7.21. The number of hydrogen-bond donors (Lipinski definition) is 0. The van der Waals surface area contributed by atoms with Gasteiger partial charge in [0.25, 0.3) is 0 Å². The van der Waals surface area contributed by atoms with Crippen LogP contribution in [0, 0.1) is 0 Å². The minimum absolute atomic E-state index is 0.287. The zero-order valence-corrected chi connectivity index (χ0v) is 10.8. The first-order valence-corrected chi connectivity index (χ1v) is 9.16. The summed E-state index contributed by atoms with van der Waals surface area (Å²) in [7, 11) is -1.93. The molecule has 15 heavy (non-hydrogen) atoms. The molecule has 1 saturated heterocycles. The van der Waals surface area contributed by atoms with Gasteiger partial charge < -0.3 is 4.74 Å². The molecule has 1 heterocycles. The van der Waals surface area contributed by atoms with Crippen molar-refractivity contribution < 1.29 is 4.74 Å². The third-order valence-corrected chi connectivity index (χ3v) is 7.63. The van der Waals surface area contributed by atoms with E-state index in [1.165, 1.54) is 18.0 Å². The standard InChI is InChI=1S/C12H17ClOSi/c1-15(13,11-7-3-2-4-8-11)12-9-5-6-10-14-12/h2-4,7-8,12H,5-6,9-10H2,1H3. The van der Waals surface area contributed by atoms with E-state index in [-0.39, 0.29) is 5.73 Å². The van der Waals surface area contributed by atoms with Gasteiger partial charge in [0.1, 0.15) is 0 Å². The van der Waals surface area contributed by atoms with E-state index in [1.54, 1.807) is 0 Å². The molecule has 3 heteroatoms. The molecule has 0 spiro atoms. The highest BCUT2D eigenvalue weighted by Crippen LogP contribution is 2.25. The quantitative estimate of drug-likeness (QED) is 0.571. The monoisotopic (exact) mass is 240 g/mol. The van der Waals surface area contributed by atoms with Gasteiger partial charge in [-0.15, -0.1) is 0 Å². The van der Waals surface area contributed by atoms with Crippen molar-refractivity contribution >= 4 is 23.6 Å². The zero-order chi connectivity index (χ0) is 10.7. The fourth-order valence-corrected chi connectivity index (χ4v) is 5.41. The Kier molecular flexibility index (Phi) is 3.49. The van der Waals surface area contributed by atoms with Crippen LogP contribution in [0.1, 0.15) is 19.3 Å². The zero-order valence-electron chi connectivity index (χ0n) is 9.08. The summed E-state index contributed by atoms with van der Waals surface area (Å²) in [6.45, 7) is 3.08. The third kappa shape index (κ3) is 2.44. The van der Waals surface area contributed by atoms with Crippen LogP contribution in [0.15, 0.2) is 30.3 Å². The highest BCUT2D eigenvalue weighted by molar-refractivity contribution is 7.27. The highest BCUT2D eigenvalue weighted by atomic mass is 35.6. The van der Waals surface area contributed by atoms with E-state index in [0.717, 1.165) is 13.0 Å². The predicted octanol–water partition coefficient (Wildman–Crippen LogP) is 2.82. The molecule has 2 unspecified atom stereocenters. The molecule has 0 amide bonds. The molecule has 0 radical (unpaired) electrons. The Hall–Kier alpha value is -0.313. The van der Waals surface area contributed by atoms with E-state index in [9.17, 15) is 0 Å². The molecule has 0 saturated carbocycles. The minimum Gasteiger partial charge on any atom is -0.380 e. The maximum absolute atomic E-state index is 6.75. The first-order valence-electron chi connectivity index (χ1n) is 5.57. The molecule has 1 aliphatic rings. The van der Waals surface area contributed by atoms with E-state index >= 15 is 0 Å². The first kappa shape index (κ1) is 11.2. The molecule has 82 valence electrons. The summed E-state index contributed by atoms with van der Waals surface area (Å²) < 4.78 is 5.83. The van der Waals surface area contributed by atoms with Crippen LogP contribution in [-0.2, 0) is 4.74 Å². The van der Waals surface area contributed by atoms with E-state index in [1.807, 2.05) is 6.07 Å². The molecule has 1 aromatic rings. The lowest BCUT2D eigenvalue weighted by Crippen LogP contribution is -2.52. The normalized spacial score (nSPS) is 25.9. The van der Waals surface area contributed by atoms with E-state index in [4.69, 9.17) is 15.8 Å². The molecule has 2 atom stereocenters. The number of rotatable bonds is 2. The Bertz CT molecular complexity index is 307. The van der Waals surface area contributed by atoms with Gasteiger partial charge >= 0.3 is 0 Å². The Labute approximate surface area is 97.1 Å². The van der Waals surface area contributed by atoms with Gasteiger partial charge in [0.15, 0.2) is 0 Å². The van der Waals surface area contributed by atoms with Gasteiger partial charge in [0.05, 0.1) is 5.73 Å². The van der Waals surface area contributed by atoms with Gasteiger partial charge in [-0.25, -0.2) is 0 Å². The SMILES string of the molecule is C[Si](Cl)(c1ccccc1)C1CCCCO1. The van der Waals surface area contributed by atoms with E-state index in [0.29, 0.717) is 0 Å². The van der Waals surface area contributed by atoms with E-state index in [2.05, 4.69) is 30.8 Å². The lowest BCUT2D eigenvalue weighted by atomic mass is 10.2. The van der Waals surface area contributed by atoms with Gasteiger partial charge in [0.2, 0.25) is 7.38 Å². The maximum atomic E-state index is 6.75. The van der Waals surface area contributed by atoms with Crippen LogP contribution in [0.5, 0.6) is 0 Å². The molecular weight excluding hydrogens is 224 g/mol. The summed E-state index contributed by atoms with van der Waals surface area (Å²) >= 11 is 6.75. The topological polar surface area (TPSA) is 9.23 Å². The molecule has 1 aliphatic heterocycles. The predicted molar refractivity (Wildman–Crippen MR) is 67.1 cm³/mol. The lowest BCUT2D eigenvalue weighted by Gasteiger charge is -2.33. The Morgan fingerprint density at radius 3 is 2.60 bits per heavy atom. The van der Waals surface area contributed by atoms with Crippen LogP contribution in [0.2, 0.25) is 6.55 Å². The number of benzene rings is 1. The second-order valence-electron chi connectivity index (χ2n) is 4.30. The van der Waals surface area contributed by atoms with Crippen molar-refractivity contribution in [1.29, 1.82) is 0 Å². The van der Waals surface area contributed by atoms with Crippen molar-refractivity contribution in [3.8, 4) is 0 Å². The fraction of sp³-hybridized carbons (Fsp3) is 0.500. The van der Waals surface area contributed by atoms with Crippen molar-refractivity contribution in [3.05, 3.63) is 30.3 Å². The fourth-order valence-electron chi connectivity index (χ4n) is 2.12. The largest absolute Gasteiger partial charge is 0.380 e. The summed E-state index contributed by atoms with van der Waals surface area (Å²) in [5.41, 5.74) is 0.287. The average Bonchev–Trinajstić information content (AvgIpc) is 2.31. The van der Waals surface area contributed by atoms with Crippen LogP contribution in [-0.4, -0.2) is 19.7 Å². The third-order valence-electron chi connectivity index (χ3n) is 3.12. The highest BCUT2D eigenvalue weighted by Gasteiger charge is 2.38. The Morgan fingerprint density at radius 2 is 2.00 bits per heavy atom. The Balaban J connectivity index is 2.18. The molecule has 1 nitrogen and oxygen atoms in total. The van der Waals surface area contributed by atoms with Crippen molar-refractivity contribution in [2.45, 2.75) is 31.5 Å². The second-order valence-corrected chi connectivity index (χ2v) is 10.0. The van der Waals surface area contributed by atoms with Crippen LogP contribution in [0.3, 0.4) is 0 Å². The molecule has 0 bridgehead atoms. The van der Waals surface area contributed by atoms with Crippen molar-refractivity contribution in [3.63, 3.8) is 0 Å². The smallest absolute Gasteiger partial charge is 0.212 e. The van der Waals surface area contributed by atoms with Crippen LogP contribution < -0.4 is 5.19 Å². The van der Waals surface area contributed by atoms with Crippen molar-refractivity contribution in [2.24, 2.45) is 0 Å². The van der Waals surface area contributed by atoms with Gasteiger partial charge in [-0.2, -0.15) is 11.1 Å². The molecule has 0 aliphatic carbocycles. The van der Waals surface area contributed by atoms with Gasteiger partial charge in [-0.3, -0.25) is 0 Å². The molecule has 0 aromatic heterocycles. The number of hydrogen-bond acceptors (Lipinski definition) is 1. The van der Waals surface area contributed by atoms with Gasteiger partial charge in [-0.1, -0.05) is 30.3 Å². The van der Waals surface area contributed by atoms with E-state index < -0.39 is 7.38 Å². The second kappa shape index (κ2) is 4.68. The van der Waals surface area contributed by atoms with Crippen molar-refractivity contribution in [1.82, 2.24) is 0 Å². The average molecular weight is 241 g/mol. The van der Waals surface area contributed by atoms with Gasteiger partial charge in [0, 0.05) is 6.61 Å². The minimum atomic E-state index is -1.93. The van der Waals surface area contributed by atoms with Crippen LogP contribution >= 0.6 is 11.1 Å². The molecule has 0 N–H and O–H groups in total. The van der Waals surface area contributed by atoms with Crippen molar-refractivity contribution in [2.75, 3.05) is 6.61 Å². The van der Waals surface area contributed by atoms with Crippen LogP contribution in [0.4, 0.5) is 0 Å². The molecular formula is C12H17ClOSi. The summed E-state index contributed by atoms with van der Waals surface area (Å²) in [6.07, 6.45) is 3.57. The number of halogens is 1. The number of ether oxygens (including phenoxy) is 1. The summed E-state index contributed by atoms with van der Waals surface area (Å²) in [4.78, 5) is 0. The van der Waals surface area contributed by atoms with Gasteiger partial charge in [-0.05, 0) is 31.0 Å². The molecule has 2 rings (SSSR count). The Morgan fingerprint density at radius 1 is 1.27 bits per heavy atom. The van der Waals surface area contributed by atoms with Crippen LogP contribution in [0.25, 0.3) is 0 Å². The maximum Gasteiger partial charge on any atom is 0.212 e. The summed E-state index contributed by atoms with van der Waals surface area (Å²) in [6, 6.07) is 10.4. The molecule has 1 aromatic carbocycles. The summed E-state index contributed by atoms with van der Waals surface area (Å²) in [5.74, 6) is 0. The molecule has 1 fully saturated rings.